The predicted molar refractivity (Wildman–Crippen MR) is 48.1 cm³/mol. The fraction of sp³-hybridized carbons (Fsp3) is 0.875. The molecule has 0 aromatic rings. The van der Waals surface area contributed by atoms with Gasteiger partial charge in [0.2, 0.25) is 0 Å². The third-order valence-electron chi connectivity index (χ3n) is 2.80. The van der Waals surface area contributed by atoms with Gasteiger partial charge in [-0.25, -0.2) is 8.42 Å². The lowest BCUT2D eigenvalue weighted by Gasteiger charge is -1.99. The minimum atomic E-state index is -3.06. The first-order valence-corrected chi connectivity index (χ1v) is 6.13. The summed E-state index contributed by atoms with van der Waals surface area (Å²) in [5, 5.41) is 8.76. The molecule has 1 N–H and O–H groups in total. The van der Waals surface area contributed by atoms with Crippen molar-refractivity contribution in [3.05, 3.63) is 0 Å². The van der Waals surface area contributed by atoms with E-state index in [0.717, 1.165) is 6.26 Å². The lowest BCUT2D eigenvalue weighted by molar-refractivity contribution is -0.139. The fourth-order valence-electron chi connectivity index (χ4n) is 1.87. The topological polar surface area (TPSA) is 71.4 Å². The second-order valence-electron chi connectivity index (χ2n) is 4.34. The van der Waals surface area contributed by atoms with Gasteiger partial charge >= 0.3 is 5.97 Å². The molecule has 0 aromatic carbocycles. The molecular weight excluding hydrogens is 192 g/mol. The van der Waals surface area contributed by atoms with Crippen molar-refractivity contribution >= 4 is 15.8 Å². The van der Waals surface area contributed by atoms with E-state index in [9.17, 15) is 13.2 Å². The summed E-state index contributed by atoms with van der Waals surface area (Å²) in [5.74, 6) is -1.63. The summed E-state index contributed by atoms with van der Waals surface area (Å²) in [6.45, 7) is 3.59. The molecule has 0 saturated heterocycles. The Morgan fingerprint density at radius 3 is 2.15 bits per heavy atom. The molecule has 1 saturated carbocycles. The Bertz CT molecular complexity index is 328. The monoisotopic (exact) mass is 206 g/mol. The van der Waals surface area contributed by atoms with Gasteiger partial charge in [0, 0.05) is 6.26 Å². The number of carboxylic acids is 1. The molecule has 0 spiro atoms. The zero-order valence-electron chi connectivity index (χ0n) is 7.94. The van der Waals surface area contributed by atoms with Crippen LogP contribution in [0.2, 0.25) is 0 Å². The SMILES string of the molecule is CC1(C)[C@@H](CS(C)(=O)=O)[C@@H]1C(=O)O. The smallest absolute Gasteiger partial charge is 0.307 e. The maximum atomic E-state index is 10.9. The molecule has 13 heavy (non-hydrogen) atoms. The van der Waals surface area contributed by atoms with Crippen molar-refractivity contribution in [3.8, 4) is 0 Å². The average molecular weight is 206 g/mol. The molecule has 0 radical (unpaired) electrons. The Balaban J connectivity index is 2.72. The highest BCUT2D eigenvalue weighted by Crippen LogP contribution is 2.58. The number of carboxylic acid groups (broad SMARTS) is 1. The third kappa shape index (κ3) is 2.02. The van der Waals surface area contributed by atoms with Gasteiger partial charge in [-0.15, -0.1) is 0 Å². The van der Waals surface area contributed by atoms with Crippen molar-refractivity contribution in [2.75, 3.05) is 12.0 Å². The van der Waals surface area contributed by atoms with Crippen molar-refractivity contribution < 1.29 is 18.3 Å². The molecule has 0 amide bonds. The van der Waals surface area contributed by atoms with Gasteiger partial charge in [-0.1, -0.05) is 13.8 Å². The Morgan fingerprint density at radius 1 is 1.46 bits per heavy atom. The van der Waals surface area contributed by atoms with Crippen LogP contribution >= 0.6 is 0 Å². The highest BCUT2D eigenvalue weighted by atomic mass is 32.2. The van der Waals surface area contributed by atoms with Crippen molar-refractivity contribution in [1.29, 1.82) is 0 Å². The van der Waals surface area contributed by atoms with Crippen LogP contribution in [0.1, 0.15) is 13.8 Å². The van der Waals surface area contributed by atoms with Crippen LogP contribution in [0.4, 0.5) is 0 Å². The summed E-state index contributed by atoms with van der Waals surface area (Å²) in [7, 11) is -3.06. The second kappa shape index (κ2) is 2.70. The van der Waals surface area contributed by atoms with Crippen LogP contribution in [-0.2, 0) is 14.6 Å². The summed E-state index contributed by atoms with van der Waals surface area (Å²) in [6.07, 6.45) is 1.14. The summed E-state index contributed by atoms with van der Waals surface area (Å²) in [6, 6.07) is 0. The van der Waals surface area contributed by atoms with E-state index in [4.69, 9.17) is 5.11 Å². The van der Waals surface area contributed by atoms with Gasteiger partial charge in [0.1, 0.15) is 9.84 Å². The van der Waals surface area contributed by atoms with Crippen LogP contribution in [0.25, 0.3) is 0 Å². The van der Waals surface area contributed by atoms with E-state index < -0.39 is 21.7 Å². The van der Waals surface area contributed by atoms with Crippen LogP contribution < -0.4 is 0 Å². The van der Waals surface area contributed by atoms with E-state index in [-0.39, 0.29) is 17.1 Å². The Kier molecular flexibility index (Phi) is 2.18. The zero-order valence-corrected chi connectivity index (χ0v) is 8.76. The van der Waals surface area contributed by atoms with Gasteiger partial charge in [-0.05, 0) is 11.3 Å². The molecule has 1 fully saturated rings. The number of rotatable bonds is 3. The predicted octanol–water partition coefficient (Wildman–Crippen LogP) is 0.388. The number of hydrogen-bond acceptors (Lipinski definition) is 3. The maximum Gasteiger partial charge on any atom is 0.307 e. The Hall–Kier alpha value is -0.580. The van der Waals surface area contributed by atoms with Crippen LogP contribution in [0.3, 0.4) is 0 Å². The summed E-state index contributed by atoms with van der Waals surface area (Å²) < 4.78 is 21.9. The van der Waals surface area contributed by atoms with Gasteiger partial charge in [-0.3, -0.25) is 4.79 Å². The molecule has 0 heterocycles. The number of sulfone groups is 1. The minimum Gasteiger partial charge on any atom is -0.481 e. The first-order valence-electron chi connectivity index (χ1n) is 4.07. The molecule has 76 valence electrons. The van der Waals surface area contributed by atoms with Gasteiger partial charge in [-0.2, -0.15) is 0 Å². The van der Waals surface area contributed by atoms with E-state index in [2.05, 4.69) is 0 Å². The lowest BCUT2D eigenvalue weighted by Crippen LogP contribution is -2.09. The van der Waals surface area contributed by atoms with E-state index in [1.807, 2.05) is 0 Å². The molecule has 1 rings (SSSR count). The van der Waals surface area contributed by atoms with E-state index in [1.54, 1.807) is 13.8 Å². The van der Waals surface area contributed by atoms with Gasteiger partial charge in [0.05, 0.1) is 11.7 Å². The third-order valence-corrected chi connectivity index (χ3v) is 3.76. The molecule has 1 aliphatic carbocycles. The summed E-state index contributed by atoms with van der Waals surface area (Å²) in [5.41, 5.74) is -0.366. The summed E-state index contributed by atoms with van der Waals surface area (Å²) in [4.78, 5) is 10.7. The van der Waals surface area contributed by atoms with E-state index in [1.165, 1.54) is 0 Å². The van der Waals surface area contributed by atoms with Gasteiger partial charge in [0.15, 0.2) is 0 Å². The Morgan fingerprint density at radius 2 is 1.92 bits per heavy atom. The van der Waals surface area contributed by atoms with Crippen molar-refractivity contribution in [3.63, 3.8) is 0 Å². The molecule has 4 nitrogen and oxygen atoms in total. The fourth-order valence-corrected chi connectivity index (χ4v) is 3.15. The highest BCUT2D eigenvalue weighted by Gasteiger charge is 2.62. The van der Waals surface area contributed by atoms with Crippen LogP contribution in [0.5, 0.6) is 0 Å². The van der Waals surface area contributed by atoms with Crippen molar-refractivity contribution in [2.24, 2.45) is 17.3 Å². The average Bonchev–Trinajstić information content (AvgIpc) is 2.28. The summed E-state index contributed by atoms with van der Waals surface area (Å²) >= 11 is 0. The standard InChI is InChI=1S/C8H14O4S/c1-8(2)5(4-13(3,11)12)6(8)7(9)10/h5-6H,4H2,1-3H3,(H,9,10)/t5-,6+/m0/s1. The van der Waals surface area contributed by atoms with Crippen LogP contribution in [-0.4, -0.2) is 31.5 Å². The number of carbonyl (C=O) groups is 1. The van der Waals surface area contributed by atoms with E-state index in [0.29, 0.717) is 0 Å². The normalized spacial score (nSPS) is 31.3. The largest absolute Gasteiger partial charge is 0.481 e. The first kappa shape index (κ1) is 10.5. The number of aliphatic carboxylic acids is 1. The zero-order chi connectivity index (χ0) is 10.4. The quantitative estimate of drug-likeness (QED) is 0.725. The minimum absolute atomic E-state index is 0.0169. The number of hydrogen-bond donors (Lipinski definition) is 1. The highest BCUT2D eigenvalue weighted by molar-refractivity contribution is 7.90. The van der Waals surface area contributed by atoms with Crippen LogP contribution in [0, 0.1) is 17.3 Å². The van der Waals surface area contributed by atoms with Gasteiger partial charge < -0.3 is 5.11 Å². The van der Waals surface area contributed by atoms with Crippen molar-refractivity contribution in [2.45, 2.75) is 13.8 Å². The Labute approximate surface area is 77.9 Å². The van der Waals surface area contributed by atoms with Crippen molar-refractivity contribution in [1.82, 2.24) is 0 Å². The molecule has 2 atom stereocenters. The lowest BCUT2D eigenvalue weighted by atomic mass is 10.1. The maximum absolute atomic E-state index is 10.9. The van der Waals surface area contributed by atoms with E-state index >= 15 is 0 Å². The first-order chi connectivity index (χ1) is 5.66. The molecule has 0 bridgehead atoms. The van der Waals surface area contributed by atoms with Crippen LogP contribution in [0.15, 0.2) is 0 Å². The molecule has 0 aliphatic heterocycles. The van der Waals surface area contributed by atoms with Gasteiger partial charge in [0.25, 0.3) is 0 Å². The molecular formula is C8H14O4S. The molecule has 5 heteroatoms. The second-order valence-corrected chi connectivity index (χ2v) is 6.52. The molecule has 0 unspecified atom stereocenters. The molecule has 1 aliphatic rings. The molecule has 0 aromatic heterocycles.